The number of halogens is 1. The van der Waals surface area contributed by atoms with Crippen molar-refractivity contribution in [2.24, 2.45) is 0 Å². The molecule has 2 rings (SSSR count). The summed E-state index contributed by atoms with van der Waals surface area (Å²) in [6.45, 7) is 0. The largest absolute Gasteiger partial charge is 0.508 e. The molecule has 6 heteroatoms. The van der Waals surface area contributed by atoms with Gasteiger partial charge in [-0.15, -0.1) is 0 Å². The number of phenolic OH excluding ortho intramolecular Hbond substituents is 1. The zero-order chi connectivity index (χ0) is 13.2. The molecule has 0 saturated heterocycles. The number of hydrogen-bond donors (Lipinski definition) is 2. The molecule has 0 spiro atoms. The average Bonchev–Trinajstić information content (AvgIpc) is 2.32. The van der Waals surface area contributed by atoms with E-state index in [1.54, 1.807) is 6.08 Å². The topological polar surface area (TPSA) is 66.4 Å². The predicted octanol–water partition coefficient (Wildman–Crippen LogP) is 3.13. The van der Waals surface area contributed by atoms with E-state index < -0.39 is 10.0 Å². The van der Waals surface area contributed by atoms with E-state index in [1.807, 2.05) is 6.08 Å². The molecule has 1 aliphatic carbocycles. The minimum absolute atomic E-state index is 0.104. The summed E-state index contributed by atoms with van der Waals surface area (Å²) >= 11 is 2.20. The smallest absolute Gasteiger partial charge is 0.258 e. The summed E-state index contributed by atoms with van der Waals surface area (Å²) in [5, 5.41) is 9.14. The summed E-state index contributed by atoms with van der Waals surface area (Å²) in [7, 11) is -3.49. The molecule has 4 nitrogen and oxygen atoms in total. The molecule has 0 bridgehead atoms. The molecule has 0 radical (unpaired) electrons. The monoisotopic (exact) mass is 377 g/mol. The molecule has 1 aromatic rings. The van der Waals surface area contributed by atoms with Crippen molar-refractivity contribution >= 4 is 38.3 Å². The minimum Gasteiger partial charge on any atom is -0.508 e. The molecule has 0 aromatic heterocycles. The van der Waals surface area contributed by atoms with Crippen LogP contribution in [-0.2, 0) is 10.0 Å². The Kier molecular flexibility index (Phi) is 3.96. The molecule has 0 unspecified atom stereocenters. The van der Waals surface area contributed by atoms with E-state index in [0.29, 0.717) is 17.0 Å². The van der Waals surface area contributed by atoms with Crippen LogP contribution in [0.4, 0.5) is 5.69 Å². The molecular formula is C12H12INO3S. The summed E-state index contributed by atoms with van der Waals surface area (Å²) in [6.07, 6.45) is 4.72. The number of anilines is 1. The lowest BCUT2D eigenvalue weighted by atomic mass is 10.2. The average molecular weight is 377 g/mol. The second kappa shape index (κ2) is 5.31. The first-order valence-corrected chi connectivity index (χ1v) is 7.91. The second-order valence-electron chi connectivity index (χ2n) is 3.90. The van der Waals surface area contributed by atoms with Gasteiger partial charge in [-0.25, -0.2) is 8.42 Å². The van der Waals surface area contributed by atoms with Crippen LogP contribution in [0.1, 0.15) is 12.8 Å². The van der Waals surface area contributed by atoms with Crippen LogP contribution >= 0.6 is 22.6 Å². The van der Waals surface area contributed by atoms with Crippen LogP contribution < -0.4 is 4.72 Å². The van der Waals surface area contributed by atoms with Crippen molar-refractivity contribution in [3.63, 3.8) is 0 Å². The highest BCUT2D eigenvalue weighted by Crippen LogP contribution is 2.27. The van der Waals surface area contributed by atoms with Crippen LogP contribution in [0.2, 0.25) is 0 Å². The number of sulfonamides is 1. The summed E-state index contributed by atoms with van der Waals surface area (Å²) < 4.78 is 27.8. The van der Waals surface area contributed by atoms with Crippen LogP contribution in [0.5, 0.6) is 5.75 Å². The maximum atomic E-state index is 12.1. The van der Waals surface area contributed by atoms with Crippen LogP contribution in [0.3, 0.4) is 0 Å². The van der Waals surface area contributed by atoms with Gasteiger partial charge in [0.25, 0.3) is 10.0 Å². The second-order valence-corrected chi connectivity index (χ2v) is 7.02. The van der Waals surface area contributed by atoms with E-state index in [4.69, 9.17) is 5.11 Å². The summed E-state index contributed by atoms with van der Waals surface area (Å²) in [5.74, 6) is 0.104. The Hall–Kier alpha value is -1.02. The van der Waals surface area contributed by atoms with Gasteiger partial charge in [0.05, 0.1) is 4.91 Å². The SMILES string of the molecule is O=S(=O)(Nc1ccc(O)cc1)C1=CC=C(I)CC1. The Morgan fingerprint density at radius 1 is 1.11 bits per heavy atom. The minimum atomic E-state index is -3.49. The molecule has 0 fully saturated rings. The van der Waals surface area contributed by atoms with Gasteiger partial charge in [-0.05, 0) is 69.4 Å². The van der Waals surface area contributed by atoms with Gasteiger partial charge in [0.15, 0.2) is 0 Å². The van der Waals surface area contributed by atoms with E-state index in [2.05, 4.69) is 27.3 Å². The van der Waals surface area contributed by atoms with E-state index >= 15 is 0 Å². The van der Waals surface area contributed by atoms with Crippen LogP contribution in [0, 0.1) is 0 Å². The zero-order valence-electron chi connectivity index (χ0n) is 9.43. The lowest BCUT2D eigenvalue weighted by Crippen LogP contribution is -2.15. The van der Waals surface area contributed by atoms with E-state index in [0.717, 1.165) is 10.0 Å². The molecule has 2 N–H and O–H groups in total. The van der Waals surface area contributed by atoms with Crippen LogP contribution in [0.25, 0.3) is 0 Å². The first-order chi connectivity index (χ1) is 8.47. The molecule has 0 aliphatic heterocycles. The molecule has 1 aliphatic rings. The first-order valence-electron chi connectivity index (χ1n) is 5.34. The van der Waals surface area contributed by atoms with Gasteiger partial charge in [-0.1, -0.05) is 6.08 Å². The Bertz CT molecular complexity index is 603. The van der Waals surface area contributed by atoms with Gasteiger partial charge in [-0.3, -0.25) is 4.72 Å². The van der Waals surface area contributed by atoms with Crippen molar-refractivity contribution in [1.29, 1.82) is 0 Å². The molecule has 1 aromatic carbocycles. The number of benzene rings is 1. The lowest BCUT2D eigenvalue weighted by molar-refractivity contribution is 0.475. The number of allylic oxidation sites excluding steroid dienone is 4. The standard InChI is InChI=1S/C12H12INO3S/c13-9-1-7-12(8-2-9)18(16,17)14-10-3-5-11(15)6-4-10/h1,3-7,14-15H,2,8H2. The Labute approximate surface area is 120 Å². The van der Waals surface area contributed by atoms with Crippen molar-refractivity contribution in [3.8, 4) is 5.75 Å². The molecule has 18 heavy (non-hydrogen) atoms. The number of hydrogen-bond acceptors (Lipinski definition) is 3. The molecule has 96 valence electrons. The van der Waals surface area contributed by atoms with Crippen molar-refractivity contribution in [1.82, 2.24) is 0 Å². The van der Waals surface area contributed by atoms with Gasteiger partial charge in [-0.2, -0.15) is 0 Å². The maximum absolute atomic E-state index is 12.1. The molecule has 0 saturated carbocycles. The number of phenols is 1. The first kappa shape index (κ1) is 13.4. The highest BCUT2D eigenvalue weighted by Gasteiger charge is 2.19. The van der Waals surface area contributed by atoms with Crippen molar-refractivity contribution in [3.05, 3.63) is 44.9 Å². The molecule has 0 heterocycles. The molecule has 0 atom stereocenters. The van der Waals surface area contributed by atoms with Crippen molar-refractivity contribution in [2.45, 2.75) is 12.8 Å². The van der Waals surface area contributed by atoms with Gasteiger partial charge in [0.1, 0.15) is 5.75 Å². The summed E-state index contributed by atoms with van der Waals surface area (Å²) in [4.78, 5) is 0.385. The van der Waals surface area contributed by atoms with Crippen molar-refractivity contribution in [2.75, 3.05) is 4.72 Å². The Morgan fingerprint density at radius 2 is 1.78 bits per heavy atom. The summed E-state index contributed by atoms with van der Waals surface area (Å²) in [5.41, 5.74) is 0.443. The quantitative estimate of drug-likeness (QED) is 0.628. The third kappa shape index (κ3) is 3.26. The van der Waals surface area contributed by atoms with Gasteiger partial charge >= 0.3 is 0 Å². The number of nitrogens with one attached hydrogen (secondary N) is 1. The fourth-order valence-corrected chi connectivity index (χ4v) is 3.21. The van der Waals surface area contributed by atoms with E-state index in [1.165, 1.54) is 24.3 Å². The molecular weight excluding hydrogens is 365 g/mol. The van der Waals surface area contributed by atoms with E-state index in [9.17, 15) is 8.42 Å². The van der Waals surface area contributed by atoms with Gasteiger partial charge in [0.2, 0.25) is 0 Å². The lowest BCUT2D eigenvalue weighted by Gasteiger charge is -2.13. The normalized spacial score (nSPS) is 15.8. The highest BCUT2D eigenvalue weighted by atomic mass is 127. The Morgan fingerprint density at radius 3 is 2.33 bits per heavy atom. The van der Waals surface area contributed by atoms with E-state index in [-0.39, 0.29) is 5.75 Å². The van der Waals surface area contributed by atoms with Gasteiger partial charge in [0, 0.05) is 5.69 Å². The van der Waals surface area contributed by atoms with Crippen LogP contribution in [-0.4, -0.2) is 13.5 Å². The van der Waals surface area contributed by atoms with Crippen molar-refractivity contribution < 1.29 is 13.5 Å². The highest BCUT2D eigenvalue weighted by molar-refractivity contribution is 14.1. The summed E-state index contributed by atoms with van der Waals surface area (Å²) in [6, 6.07) is 5.93. The van der Waals surface area contributed by atoms with Crippen LogP contribution in [0.15, 0.2) is 44.9 Å². The predicted molar refractivity (Wildman–Crippen MR) is 80.1 cm³/mol. The Balaban J connectivity index is 2.20. The third-order valence-corrected chi connectivity index (χ3v) is 4.96. The van der Waals surface area contributed by atoms with Gasteiger partial charge < -0.3 is 5.11 Å². The maximum Gasteiger partial charge on any atom is 0.258 e. The number of rotatable bonds is 3. The fourth-order valence-electron chi connectivity index (χ4n) is 1.57. The molecule has 0 amide bonds. The third-order valence-electron chi connectivity index (χ3n) is 2.52. The fraction of sp³-hybridized carbons (Fsp3) is 0.167. The number of aromatic hydroxyl groups is 1. The zero-order valence-corrected chi connectivity index (χ0v) is 12.4.